The Balaban J connectivity index is 2.40. The van der Waals surface area contributed by atoms with Gasteiger partial charge in [-0.2, -0.15) is 0 Å². The molecule has 1 amide bonds. The molecule has 1 aromatic carbocycles. The van der Waals surface area contributed by atoms with Crippen LogP contribution in [0.15, 0.2) is 18.2 Å². The number of methoxy groups -OCH3 is 1. The molecule has 0 bridgehead atoms. The van der Waals surface area contributed by atoms with E-state index in [9.17, 15) is 9.18 Å². The third-order valence-corrected chi connectivity index (χ3v) is 3.63. The average molecular weight is 274 g/mol. The van der Waals surface area contributed by atoms with E-state index in [4.69, 9.17) is 21.4 Å². The van der Waals surface area contributed by atoms with E-state index in [0.717, 1.165) is 0 Å². The summed E-state index contributed by atoms with van der Waals surface area (Å²) in [5.41, 5.74) is -0.644. The molecular weight excluding hydrogens is 261 g/mol. The monoisotopic (exact) mass is 273 g/mol. The lowest BCUT2D eigenvalue weighted by Gasteiger charge is -2.28. The highest BCUT2D eigenvalue weighted by molar-refractivity contribution is 6.30. The van der Waals surface area contributed by atoms with Crippen LogP contribution in [0.2, 0.25) is 5.02 Å². The number of halogens is 2. The third kappa shape index (κ3) is 2.04. The molecule has 1 saturated heterocycles. The van der Waals surface area contributed by atoms with Crippen molar-refractivity contribution in [3.8, 4) is 0 Å². The van der Waals surface area contributed by atoms with Gasteiger partial charge in [-0.05, 0) is 6.07 Å². The van der Waals surface area contributed by atoms with E-state index in [1.807, 2.05) is 0 Å². The molecule has 1 N–H and O–H groups in total. The lowest BCUT2D eigenvalue weighted by Crippen LogP contribution is -2.35. The predicted octanol–water partition coefficient (Wildman–Crippen LogP) is 2.70. The Morgan fingerprint density at radius 3 is 2.89 bits per heavy atom. The Bertz CT molecular complexity index is 482. The van der Waals surface area contributed by atoms with E-state index in [-0.39, 0.29) is 11.6 Å². The molecule has 6 heteroatoms. The van der Waals surface area contributed by atoms with Crippen molar-refractivity contribution in [2.24, 2.45) is 0 Å². The Hall–Kier alpha value is -1.33. The molecule has 1 aliphatic rings. The fourth-order valence-corrected chi connectivity index (χ4v) is 2.47. The molecule has 2 rings (SSSR count). The normalized spacial score (nSPS) is 23.4. The van der Waals surface area contributed by atoms with Gasteiger partial charge in [-0.1, -0.05) is 23.7 Å². The van der Waals surface area contributed by atoms with Crippen LogP contribution in [0.5, 0.6) is 0 Å². The number of rotatable bonds is 2. The number of amides is 1. The fourth-order valence-electron chi connectivity index (χ4n) is 2.30. The summed E-state index contributed by atoms with van der Waals surface area (Å²) in [6, 6.07) is 4.66. The average Bonchev–Trinajstić information content (AvgIpc) is 2.78. The lowest BCUT2D eigenvalue weighted by atomic mass is 9.92. The summed E-state index contributed by atoms with van der Waals surface area (Å²) < 4.78 is 19.4. The molecule has 4 nitrogen and oxygen atoms in total. The number of likely N-dealkylation sites (tertiary alicyclic amines) is 1. The number of benzene rings is 1. The minimum Gasteiger partial charge on any atom is -0.465 e. The van der Waals surface area contributed by atoms with Gasteiger partial charge in [0, 0.05) is 25.6 Å². The molecule has 1 aliphatic heterocycles. The van der Waals surface area contributed by atoms with Crippen LogP contribution in [-0.2, 0) is 10.3 Å². The summed E-state index contributed by atoms with van der Waals surface area (Å²) in [5, 5.41) is 8.97. The van der Waals surface area contributed by atoms with Crippen molar-refractivity contribution in [2.45, 2.75) is 12.0 Å². The van der Waals surface area contributed by atoms with E-state index >= 15 is 0 Å². The summed E-state index contributed by atoms with van der Waals surface area (Å²) >= 11 is 5.75. The maximum atomic E-state index is 14.0. The fraction of sp³-hybridized carbons (Fsp3) is 0.417. The predicted molar refractivity (Wildman–Crippen MR) is 64.3 cm³/mol. The zero-order chi connectivity index (χ0) is 13.3. The van der Waals surface area contributed by atoms with Crippen LogP contribution in [0.4, 0.5) is 9.18 Å². The SMILES string of the molecule is COC1(c2cccc(Cl)c2F)CCN(C(=O)O)C1. The second-order valence-corrected chi connectivity index (χ2v) is 4.66. The van der Waals surface area contributed by atoms with Crippen molar-refractivity contribution in [1.29, 1.82) is 0 Å². The molecule has 0 spiro atoms. The molecular formula is C12H13ClFNO3. The molecule has 1 aromatic rings. The first-order valence-corrected chi connectivity index (χ1v) is 5.85. The van der Waals surface area contributed by atoms with Gasteiger partial charge in [0.05, 0.1) is 11.6 Å². The molecule has 0 aliphatic carbocycles. The maximum absolute atomic E-state index is 14.0. The highest BCUT2D eigenvalue weighted by atomic mass is 35.5. The second-order valence-electron chi connectivity index (χ2n) is 4.25. The van der Waals surface area contributed by atoms with Crippen LogP contribution in [0.3, 0.4) is 0 Å². The van der Waals surface area contributed by atoms with E-state index in [1.165, 1.54) is 18.1 Å². The highest BCUT2D eigenvalue weighted by Gasteiger charge is 2.43. The molecule has 0 saturated carbocycles. The summed E-state index contributed by atoms with van der Waals surface area (Å²) in [4.78, 5) is 12.2. The Morgan fingerprint density at radius 2 is 2.33 bits per heavy atom. The van der Waals surface area contributed by atoms with Crippen molar-refractivity contribution in [3.05, 3.63) is 34.6 Å². The molecule has 1 atom stereocenters. The Labute approximate surface area is 109 Å². The molecule has 1 fully saturated rings. The zero-order valence-corrected chi connectivity index (χ0v) is 10.6. The van der Waals surface area contributed by atoms with Crippen LogP contribution < -0.4 is 0 Å². The third-order valence-electron chi connectivity index (χ3n) is 3.34. The number of hydrogen-bond donors (Lipinski definition) is 1. The van der Waals surface area contributed by atoms with E-state index in [2.05, 4.69) is 0 Å². The van der Waals surface area contributed by atoms with Gasteiger partial charge in [0.2, 0.25) is 0 Å². The smallest absolute Gasteiger partial charge is 0.407 e. The van der Waals surface area contributed by atoms with Gasteiger partial charge < -0.3 is 14.7 Å². The number of hydrogen-bond acceptors (Lipinski definition) is 2. The van der Waals surface area contributed by atoms with Crippen LogP contribution >= 0.6 is 11.6 Å². The summed E-state index contributed by atoms with van der Waals surface area (Å²) in [6.07, 6.45) is -0.621. The van der Waals surface area contributed by atoms with Gasteiger partial charge in [-0.15, -0.1) is 0 Å². The van der Waals surface area contributed by atoms with Crippen molar-refractivity contribution in [3.63, 3.8) is 0 Å². The van der Waals surface area contributed by atoms with Gasteiger partial charge in [0.25, 0.3) is 0 Å². The molecule has 98 valence electrons. The lowest BCUT2D eigenvalue weighted by molar-refractivity contribution is -0.00757. The number of carboxylic acid groups (broad SMARTS) is 1. The summed E-state index contributed by atoms with van der Waals surface area (Å²) in [6.45, 7) is 0.422. The Kier molecular flexibility index (Phi) is 3.45. The molecule has 0 aromatic heterocycles. The van der Waals surface area contributed by atoms with Crippen LogP contribution in [0.25, 0.3) is 0 Å². The van der Waals surface area contributed by atoms with Crippen molar-refractivity contribution < 1.29 is 19.0 Å². The van der Waals surface area contributed by atoms with Gasteiger partial charge in [-0.3, -0.25) is 0 Å². The molecule has 18 heavy (non-hydrogen) atoms. The van der Waals surface area contributed by atoms with Gasteiger partial charge in [0.1, 0.15) is 11.4 Å². The van der Waals surface area contributed by atoms with Gasteiger partial charge in [-0.25, -0.2) is 9.18 Å². The van der Waals surface area contributed by atoms with Crippen LogP contribution in [0.1, 0.15) is 12.0 Å². The zero-order valence-electron chi connectivity index (χ0n) is 9.82. The molecule has 1 unspecified atom stereocenters. The first-order valence-electron chi connectivity index (χ1n) is 5.48. The van der Waals surface area contributed by atoms with Crippen molar-refractivity contribution in [1.82, 2.24) is 4.90 Å². The van der Waals surface area contributed by atoms with E-state index < -0.39 is 17.5 Å². The van der Waals surface area contributed by atoms with Crippen LogP contribution in [0, 0.1) is 5.82 Å². The van der Waals surface area contributed by atoms with Crippen molar-refractivity contribution in [2.75, 3.05) is 20.2 Å². The standard InChI is InChI=1S/C12H13ClFNO3/c1-18-12(5-6-15(7-12)11(16)17)8-3-2-4-9(13)10(8)14/h2-4H,5-7H2,1H3,(H,16,17). The second kappa shape index (κ2) is 4.74. The van der Waals surface area contributed by atoms with E-state index in [0.29, 0.717) is 18.5 Å². The topological polar surface area (TPSA) is 49.8 Å². The quantitative estimate of drug-likeness (QED) is 0.901. The van der Waals surface area contributed by atoms with E-state index in [1.54, 1.807) is 12.1 Å². The maximum Gasteiger partial charge on any atom is 0.407 e. The summed E-state index contributed by atoms with van der Waals surface area (Å²) in [7, 11) is 1.45. The summed E-state index contributed by atoms with van der Waals surface area (Å²) in [5.74, 6) is -0.548. The number of nitrogens with zero attached hydrogens (tertiary/aromatic N) is 1. The first-order chi connectivity index (χ1) is 8.50. The molecule has 0 radical (unpaired) electrons. The Morgan fingerprint density at radius 1 is 1.61 bits per heavy atom. The number of ether oxygens (including phenoxy) is 1. The minimum atomic E-state index is -1.03. The van der Waals surface area contributed by atoms with Gasteiger partial charge >= 0.3 is 6.09 Å². The molecule has 1 heterocycles. The largest absolute Gasteiger partial charge is 0.465 e. The number of carbonyl (C=O) groups is 1. The van der Waals surface area contributed by atoms with Crippen molar-refractivity contribution >= 4 is 17.7 Å². The van der Waals surface area contributed by atoms with Crippen LogP contribution in [-0.4, -0.2) is 36.3 Å². The highest BCUT2D eigenvalue weighted by Crippen LogP contribution is 2.38. The van der Waals surface area contributed by atoms with Gasteiger partial charge in [0.15, 0.2) is 0 Å². The first kappa shape index (κ1) is 13.1. The minimum absolute atomic E-state index is 0.0118.